The minimum Gasteiger partial charge on any atom is -0.465 e. The molecule has 0 fully saturated rings. The molecule has 0 atom stereocenters. The van der Waals surface area contributed by atoms with Crippen LogP contribution in [0.5, 0.6) is 0 Å². The molecule has 1 amide bonds. The van der Waals surface area contributed by atoms with E-state index < -0.39 is 5.97 Å². The van der Waals surface area contributed by atoms with Crippen molar-refractivity contribution in [1.29, 1.82) is 0 Å². The summed E-state index contributed by atoms with van der Waals surface area (Å²) in [5, 5.41) is 11.3. The zero-order valence-electron chi connectivity index (χ0n) is 10.2. The molecule has 0 saturated heterocycles. The first-order chi connectivity index (χ1) is 8.99. The average molecular weight is 395 g/mol. The second-order valence-corrected chi connectivity index (χ2v) is 5.45. The topological polar surface area (TPSA) is 75.6 Å². The maximum absolute atomic E-state index is 11.7. The molecule has 0 heterocycles. The van der Waals surface area contributed by atoms with Crippen LogP contribution in [0.15, 0.2) is 21.1 Å². The van der Waals surface area contributed by atoms with Crippen LogP contribution in [0, 0.1) is 0 Å². The van der Waals surface area contributed by atoms with Gasteiger partial charge >= 0.3 is 5.97 Å². The second-order valence-electron chi connectivity index (χ2n) is 3.68. The summed E-state index contributed by atoms with van der Waals surface area (Å²) < 4.78 is 5.93. The largest absolute Gasteiger partial charge is 0.465 e. The Bertz CT molecular complexity index is 491. The first-order valence-corrected chi connectivity index (χ1v) is 7.06. The standard InChI is InChI=1S/C12H13Br2NO4/c1-19-12(18)8-5-7(13)6-9(14)11(8)15-10(17)3-2-4-16/h5-6,16H,2-4H2,1H3,(H,15,17). The van der Waals surface area contributed by atoms with Gasteiger partial charge in [0.2, 0.25) is 5.91 Å². The summed E-state index contributed by atoms with van der Waals surface area (Å²) in [5.74, 6) is -0.818. The molecule has 1 rings (SSSR count). The molecule has 2 N–H and O–H groups in total. The smallest absolute Gasteiger partial charge is 0.340 e. The van der Waals surface area contributed by atoms with Crippen molar-refractivity contribution in [1.82, 2.24) is 0 Å². The molecular formula is C12H13Br2NO4. The van der Waals surface area contributed by atoms with Crippen molar-refractivity contribution in [2.75, 3.05) is 19.0 Å². The first-order valence-electron chi connectivity index (χ1n) is 5.47. The Labute approximate surface area is 127 Å². The Balaban J connectivity index is 3.04. The van der Waals surface area contributed by atoms with E-state index in [1.807, 2.05) is 0 Å². The van der Waals surface area contributed by atoms with Crippen LogP contribution in [0.3, 0.4) is 0 Å². The molecule has 7 heteroatoms. The molecule has 104 valence electrons. The van der Waals surface area contributed by atoms with Gasteiger partial charge in [-0.1, -0.05) is 15.9 Å². The average Bonchev–Trinajstić information content (AvgIpc) is 2.38. The number of rotatable bonds is 5. The molecule has 5 nitrogen and oxygen atoms in total. The maximum atomic E-state index is 11.7. The fourth-order valence-electron chi connectivity index (χ4n) is 1.41. The van der Waals surface area contributed by atoms with E-state index in [4.69, 9.17) is 5.11 Å². The van der Waals surface area contributed by atoms with Gasteiger partial charge in [-0.2, -0.15) is 0 Å². The summed E-state index contributed by atoms with van der Waals surface area (Å²) >= 11 is 6.56. The van der Waals surface area contributed by atoms with Gasteiger partial charge < -0.3 is 15.2 Å². The third kappa shape index (κ3) is 4.59. The van der Waals surface area contributed by atoms with E-state index in [1.54, 1.807) is 12.1 Å². The summed E-state index contributed by atoms with van der Waals surface area (Å²) in [6.45, 7) is -0.0568. The Morgan fingerprint density at radius 2 is 2.05 bits per heavy atom. The maximum Gasteiger partial charge on any atom is 0.340 e. The van der Waals surface area contributed by atoms with Crippen molar-refractivity contribution < 1.29 is 19.4 Å². The van der Waals surface area contributed by atoms with Crippen LogP contribution in [0.1, 0.15) is 23.2 Å². The number of aliphatic hydroxyl groups is 1. The third-order valence-corrected chi connectivity index (χ3v) is 3.37. The number of halogens is 2. The van der Waals surface area contributed by atoms with Gasteiger partial charge in [-0.15, -0.1) is 0 Å². The lowest BCUT2D eigenvalue weighted by molar-refractivity contribution is -0.116. The van der Waals surface area contributed by atoms with Crippen molar-refractivity contribution in [3.8, 4) is 0 Å². The van der Waals surface area contributed by atoms with Crippen molar-refractivity contribution in [3.63, 3.8) is 0 Å². The number of nitrogens with one attached hydrogen (secondary N) is 1. The number of anilines is 1. The summed E-state index contributed by atoms with van der Waals surface area (Å²) in [4.78, 5) is 23.3. The van der Waals surface area contributed by atoms with E-state index in [-0.39, 0.29) is 24.5 Å². The molecule has 0 saturated carbocycles. The van der Waals surface area contributed by atoms with Crippen molar-refractivity contribution in [3.05, 3.63) is 26.6 Å². The lowest BCUT2D eigenvalue weighted by atomic mass is 10.1. The highest BCUT2D eigenvalue weighted by molar-refractivity contribution is 9.11. The zero-order chi connectivity index (χ0) is 14.4. The quantitative estimate of drug-likeness (QED) is 0.753. The molecule has 0 aliphatic carbocycles. The van der Waals surface area contributed by atoms with E-state index in [1.165, 1.54) is 7.11 Å². The van der Waals surface area contributed by atoms with Crippen molar-refractivity contribution in [2.24, 2.45) is 0 Å². The number of benzene rings is 1. The van der Waals surface area contributed by atoms with Gasteiger partial charge in [0.25, 0.3) is 0 Å². The number of hydrogen-bond acceptors (Lipinski definition) is 4. The van der Waals surface area contributed by atoms with Crippen LogP contribution in [-0.2, 0) is 9.53 Å². The molecule has 0 aromatic heterocycles. The number of ether oxygens (including phenoxy) is 1. The van der Waals surface area contributed by atoms with Crippen LogP contribution < -0.4 is 5.32 Å². The molecule has 0 aliphatic heterocycles. The SMILES string of the molecule is COC(=O)c1cc(Br)cc(Br)c1NC(=O)CCCO. The van der Waals surface area contributed by atoms with E-state index in [0.717, 1.165) is 0 Å². The molecule has 0 spiro atoms. The van der Waals surface area contributed by atoms with Crippen LogP contribution >= 0.6 is 31.9 Å². The third-order valence-electron chi connectivity index (χ3n) is 2.29. The predicted molar refractivity (Wildman–Crippen MR) is 78.1 cm³/mol. The van der Waals surface area contributed by atoms with Crippen LogP contribution in [0.25, 0.3) is 0 Å². The number of carbonyl (C=O) groups is 2. The number of methoxy groups -OCH3 is 1. The minimum absolute atomic E-state index is 0.0568. The van der Waals surface area contributed by atoms with Crippen LogP contribution in [-0.4, -0.2) is 30.7 Å². The highest BCUT2D eigenvalue weighted by Gasteiger charge is 2.17. The molecule has 0 radical (unpaired) electrons. The minimum atomic E-state index is -0.542. The second kappa shape index (κ2) is 7.62. The molecule has 1 aromatic rings. The fourth-order valence-corrected chi connectivity index (χ4v) is 2.74. The summed E-state index contributed by atoms with van der Waals surface area (Å²) in [6, 6.07) is 3.28. The molecule has 0 unspecified atom stereocenters. The zero-order valence-corrected chi connectivity index (χ0v) is 13.4. The monoisotopic (exact) mass is 393 g/mol. The predicted octanol–water partition coefficient (Wildman–Crippen LogP) is 2.71. The van der Waals surface area contributed by atoms with Gasteiger partial charge in [-0.3, -0.25) is 4.79 Å². The van der Waals surface area contributed by atoms with Crippen molar-refractivity contribution >= 4 is 49.4 Å². The van der Waals surface area contributed by atoms with E-state index in [0.29, 0.717) is 21.1 Å². The Hall–Kier alpha value is -0.920. The van der Waals surface area contributed by atoms with E-state index >= 15 is 0 Å². The fraction of sp³-hybridized carbons (Fsp3) is 0.333. The molecular weight excluding hydrogens is 382 g/mol. The summed E-state index contributed by atoms with van der Waals surface area (Å²) in [7, 11) is 1.27. The normalized spacial score (nSPS) is 10.1. The lowest BCUT2D eigenvalue weighted by Crippen LogP contribution is -2.16. The Morgan fingerprint density at radius 3 is 2.63 bits per heavy atom. The molecule has 1 aromatic carbocycles. The first kappa shape index (κ1) is 16.1. The Kier molecular flexibility index (Phi) is 6.47. The van der Waals surface area contributed by atoms with Gasteiger partial charge in [0.15, 0.2) is 0 Å². The Morgan fingerprint density at radius 1 is 1.37 bits per heavy atom. The van der Waals surface area contributed by atoms with Crippen molar-refractivity contribution in [2.45, 2.75) is 12.8 Å². The van der Waals surface area contributed by atoms with Gasteiger partial charge in [-0.05, 0) is 34.5 Å². The number of hydrogen-bond donors (Lipinski definition) is 2. The molecule has 0 bridgehead atoms. The number of carbonyl (C=O) groups excluding carboxylic acids is 2. The van der Waals surface area contributed by atoms with Crippen LogP contribution in [0.2, 0.25) is 0 Å². The lowest BCUT2D eigenvalue weighted by Gasteiger charge is -2.12. The number of esters is 1. The van der Waals surface area contributed by atoms with Crippen LogP contribution in [0.4, 0.5) is 5.69 Å². The van der Waals surface area contributed by atoms with Gasteiger partial charge in [0, 0.05) is 22.0 Å². The van der Waals surface area contributed by atoms with Gasteiger partial charge in [0.05, 0.1) is 18.4 Å². The number of aliphatic hydroxyl groups excluding tert-OH is 1. The van der Waals surface area contributed by atoms with E-state index in [9.17, 15) is 9.59 Å². The number of amides is 1. The van der Waals surface area contributed by atoms with Gasteiger partial charge in [0.1, 0.15) is 0 Å². The summed E-state index contributed by atoms with van der Waals surface area (Å²) in [5.41, 5.74) is 0.610. The van der Waals surface area contributed by atoms with E-state index in [2.05, 4.69) is 41.9 Å². The molecule has 0 aliphatic rings. The highest BCUT2D eigenvalue weighted by Crippen LogP contribution is 2.31. The summed E-state index contributed by atoms with van der Waals surface area (Å²) in [6.07, 6.45) is 0.549. The van der Waals surface area contributed by atoms with Gasteiger partial charge in [-0.25, -0.2) is 4.79 Å². The molecule has 19 heavy (non-hydrogen) atoms. The highest BCUT2D eigenvalue weighted by atomic mass is 79.9.